The third-order valence-electron chi connectivity index (χ3n) is 7.23. The van der Waals surface area contributed by atoms with Gasteiger partial charge in [-0.1, -0.05) is 41.0 Å². The van der Waals surface area contributed by atoms with Crippen LogP contribution in [0.25, 0.3) is 0 Å². The zero-order valence-electron chi connectivity index (χ0n) is 22.8. The van der Waals surface area contributed by atoms with E-state index in [1.165, 1.54) is 29.0 Å². The summed E-state index contributed by atoms with van der Waals surface area (Å²) < 4.78 is 49.3. The first kappa shape index (κ1) is 31.4. The maximum Gasteiger partial charge on any atom is 0.362 e. The number of H-pyrrole nitrogens is 1. The van der Waals surface area contributed by atoms with Gasteiger partial charge in [0.05, 0.1) is 22.8 Å². The molecule has 43 heavy (non-hydrogen) atoms. The summed E-state index contributed by atoms with van der Waals surface area (Å²) in [6.45, 7) is 2.90. The lowest BCUT2D eigenvalue weighted by Crippen LogP contribution is -2.49. The van der Waals surface area contributed by atoms with Crippen LogP contribution in [0.1, 0.15) is 40.5 Å². The Kier molecular flexibility index (Phi) is 8.86. The Hall–Kier alpha value is -3.06. The molecule has 0 spiro atoms. The molecule has 0 saturated carbocycles. The predicted molar refractivity (Wildman–Crippen MR) is 159 cm³/mol. The number of rotatable bonds is 7. The minimum atomic E-state index is -3.94. The number of amides is 3. The van der Waals surface area contributed by atoms with Gasteiger partial charge in [0.1, 0.15) is 11.3 Å². The second kappa shape index (κ2) is 12.1. The zero-order valence-corrected chi connectivity index (χ0v) is 25.9. The van der Waals surface area contributed by atoms with Crippen LogP contribution in [0.5, 0.6) is 5.75 Å². The summed E-state index contributed by atoms with van der Waals surface area (Å²) in [6, 6.07) is 6.80. The molecular weight excluding hydrogens is 652 g/mol. The number of hydrogen-bond acceptors (Lipinski definition) is 5. The van der Waals surface area contributed by atoms with Gasteiger partial charge in [0.2, 0.25) is 0 Å². The van der Waals surface area contributed by atoms with E-state index in [1.807, 2.05) is 11.9 Å². The Balaban J connectivity index is 1.54. The van der Waals surface area contributed by atoms with Crippen LogP contribution in [0.15, 0.2) is 44.9 Å². The van der Waals surface area contributed by atoms with Gasteiger partial charge in [-0.25, -0.2) is 9.18 Å². The van der Waals surface area contributed by atoms with Crippen molar-refractivity contribution in [3.63, 3.8) is 0 Å². The average Bonchev–Trinajstić information content (AvgIpc) is 3.39. The SMILES string of the molecule is CCN1CCCN(c2cc3c(c(F)c2OC)CN(C(=O)c2c(Sc4c(Cl)cccc4Cl)cc(C(F)(F)Cl)[nH]c2=O)C3)C1=O. The fourth-order valence-electron chi connectivity index (χ4n) is 5.13. The van der Waals surface area contributed by atoms with Crippen LogP contribution >= 0.6 is 46.6 Å². The van der Waals surface area contributed by atoms with E-state index < -0.39 is 33.9 Å². The van der Waals surface area contributed by atoms with E-state index in [9.17, 15) is 23.2 Å². The van der Waals surface area contributed by atoms with Crippen molar-refractivity contribution in [1.29, 1.82) is 0 Å². The number of alkyl halides is 3. The van der Waals surface area contributed by atoms with E-state index in [2.05, 4.69) is 0 Å². The molecule has 0 radical (unpaired) electrons. The third kappa shape index (κ3) is 5.90. The van der Waals surface area contributed by atoms with Crippen LogP contribution in [0.3, 0.4) is 0 Å². The molecule has 1 saturated heterocycles. The molecule has 5 rings (SSSR count). The van der Waals surface area contributed by atoms with Gasteiger partial charge in [-0.05, 0) is 54.8 Å². The average molecular weight is 676 g/mol. The maximum absolute atomic E-state index is 15.8. The van der Waals surface area contributed by atoms with Crippen LogP contribution < -0.4 is 15.2 Å². The second-order valence-electron chi connectivity index (χ2n) is 9.81. The molecule has 1 aromatic heterocycles. The minimum Gasteiger partial charge on any atom is -0.492 e. The number of carbonyl (C=O) groups is 2. The molecule has 0 atom stereocenters. The summed E-state index contributed by atoms with van der Waals surface area (Å²) in [5.74, 6) is -1.73. The molecule has 2 aromatic carbocycles. The number of urea groups is 1. The van der Waals surface area contributed by atoms with Gasteiger partial charge >= 0.3 is 11.4 Å². The Bertz CT molecular complexity index is 1660. The smallest absolute Gasteiger partial charge is 0.362 e. The minimum absolute atomic E-state index is 0.120. The van der Waals surface area contributed by atoms with Gasteiger partial charge in [-0.15, -0.1) is 0 Å². The second-order valence-corrected chi connectivity index (χ2v) is 12.2. The normalized spacial score (nSPS) is 15.3. The number of aromatic amines is 1. The number of aromatic nitrogens is 1. The van der Waals surface area contributed by atoms with Gasteiger partial charge in [0.25, 0.3) is 11.5 Å². The number of nitrogens with zero attached hydrogens (tertiary/aromatic N) is 3. The number of hydrogen-bond donors (Lipinski definition) is 1. The first-order valence-corrected chi connectivity index (χ1v) is 15.0. The largest absolute Gasteiger partial charge is 0.492 e. The molecule has 228 valence electrons. The van der Waals surface area contributed by atoms with Gasteiger partial charge in [0, 0.05) is 48.1 Å². The number of carbonyl (C=O) groups excluding carboxylic acids is 2. The fourth-order valence-corrected chi connectivity index (χ4v) is 6.87. The lowest BCUT2D eigenvalue weighted by molar-refractivity contribution is 0.0739. The Morgan fingerprint density at radius 2 is 1.84 bits per heavy atom. The molecule has 3 amide bonds. The molecule has 2 aliphatic heterocycles. The van der Waals surface area contributed by atoms with Crippen LogP contribution in [-0.2, 0) is 18.5 Å². The number of benzene rings is 2. The molecule has 15 heteroatoms. The molecule has 0 aliphatic carbocycles. The van der Waals surface area contributed by atoms with Crippen molar-refractivity contribution in [1.82, 2.24) is 14.8 Å². The highest BCUT2D eigenvalue weighted by Crippen LogP contribution is 2.43. The Morgan fingerprint density at radius 1 is 1.14 bits per heavy atom. The van der Waals surface area contributed by atoms with E-state index >= 15 is 4.39 Å². The van der Waals surface area contributed by atoms with E-state index in [1.54, 1.807) is 17.0 Å². The number of ether oxygens (including phenoxy) is 1. The van der Waals surface area contributed by atoms with Crippen molar-refractivity contribution < 1.29 is 27.5 Å². The highest BCUT2D eigenvalue weighted by atomic mass is 35.5. The number of anilines is 1. The first-order chi connectivity index (χ1) is 20.3. The highest BCUT2D eigenvalue weighted by Gasteiger charge is 2.37. The standard InChI is InChI=1S/C28H24Cl3F3N4O4S/c1-3-36-8-5-9-38(27(36)41)18-10-14-12-37(13-15(14)22(32)23(18)42-2)26(40)21-19(11-20(28(31,33)34)35-25(21)39)43-24-16(29)6-4-7-17(24)30/h4,6-7,10-11H,3,5,8-9,12-13H2,1-2H3,(H,35,39). The van der Waals surface area contributed by atoms with E-state index in [0.717, 1.165) is 17.8 Å². The molecule has 3 heterocycles. The Morgan fingerprint density at radius 3 is 2.47 bits per heavy atom. The predicted octanol–water partition coefficient (Wildman–Crippen LogP) is 7.08. The maximum atomic E-state index is 15.8. The highest BCUT2D eigenvalue weighted by molar-refractivity contribution is 7.99. The molecule has 1 N–H and O–H groups in total. The van der Waals surface area contributed by atoms with Crippen molar-refractivity contribution in [2.45, 2.75) is 41.6 Å². The van der Waals surface area contributed by atoms with Gasteiger partial charge in [-0.3, -0.25) is 14.5 Å². The monoisotopic (exact) mass is 674 g/mol. The van der Waals surface area contributed by atoms with Crippen molar-refractivity contribution in [3.05, 3.63) is 78.9 Å². The quantitative estimate of drug-likeness (QED) is 0.271. The zero-order chi connectivity index (χ0) is 31.2. The summed E-state index contributed by atoms with van der Waals surface area (Å²) >= 11 is 18.5. The lowest BCUT2D eigenvalue weighted by Gasteiger charge is -2.35. The molecule has 3 aromatic rings. The van der Waals surface area contributed by atoms with Crippen molar-refractivity contribution in [3.8, 4) is 5.75 Å². The third-order valence-corrected chi connectivity index (χ3v) is 9.47. The topological polar surface area (TPSA) is 85.9 Å². The van der Waals surface area contributed by atoms with Crippen molar-refractivity contribution >= 4 is 64.2 Å². The summed E-state index contributed by atoms with van der Waals surface area (Å²) in [4.78, 5) is 46.4. The van der Waals surface area contributed by atoms with Gasteiger partial charge in [0.15, 0.2) is 11.6 Å². The molecule has 0 bridgehead atoms. The van der Waals surface area contributed by atoms with E-state index in [0.29, 0.717) is 31.6 Å². The number of fused-ring (bicyclic) bond motifs is 1. The van der Waals surface area contributed by atoms with E-state index in [4.69, 9.17) is 39.5 Å². The fraction of sp³-hybridized carbons (Fsp3) is 0.321. The first-order valence-electron chi connectivity index (χ1n) is 13.1. The number of nitrogens with one attached hydrogen (secondary N) is 1. The summed E-state index contributed by atoms with van der Waals surface area (Å²) in [7, 11) is 1.29. The van der Waals surface area contributed by atoms with Crippen LogP contribution in [0, 0.1) is 5.82 Å². The van der Waals surface area contributed by atoms with Crippen LogP contribution in [0.2, 0.25) is 10.0 Å². The summed E-state index contributed by atoms with van der Waals surface area (Å²) in [5, 5.41) is -3.61. The van der Waals surface area contributed by atoms with E-state index in [-0.39, 0.29) is 56.0 Å². The molecule has 2 aliphatic rings. The number of pyridine rings is 1. The van der Waals surface area contributed by atoms with Crippen LogP contribution in [0.4, 0.5) is 23.7 Å². The molecular formula is C28H24Cl3F3N4O4S. The molecule has 0 unspecified atom stereocenters. The summed E-state index contributed by atoms with van der Waals surface area (Å²) in [5.41, 5.74) is -1.75. The molecule has 8 nitrogen and oxygen atoms in total. The molecule has 1 fully saturated rings. The summed E-state index contributed by atoms with van der Waals surface area (Å²) in [6.07, 6.45) is 0.669. The number of halogens is 6. The lowest BCUT2D eigenvalue weighted by atomic mass is 10.1. The van der Waals surface area contributed by atoms with Gasteiger partial charge in [-0.2, -0.15) is 8.78 Å². The Labute approximate surface area is 263 Å². The van der Waals surface area contributed by atoms with Crippen LogP contribution in [-0.4, -0.2) is 53.5 Å². The van der Waals surface area contributed by atoms with Gasteiger partial charge < -0.3 is 19.5 Å². The van der Waals surface area contributed by atoms with Crippen molar-refractivity contribution in [2.24, 2.45) is 0 Å². The number of methoxy groups -OCH3 is 1. The van der Waals surface area contributed by atoms with Crippen molar-refractivity contribution in [2.75, 3.05) is 31.6 Å².